The van der Waals surface area contributed by atoms with Crippen LogP contribution in [0.1, 0.15) is 30.9 Å². The smallest absolute Gasteiger partial charge is 0.0613 e. The fourth-order valence-corrected chi connectivity index (χ4v) is 3.62. The van der Waals surface area contributed by atoms with Gasteiger partial charge in [0.2, 0.25) is 0 Å². The van der Waals surface area contributed by atoms with Gasteiger partial charge in [-0.2, -0.15) is 0 Å². The zero-order valence-electron chi connectivity index (χ0n) is 11.5. The molecule has 1 N–H and O–H groups in total. The number of hydrogen-bond donors (Lipinski definition) is 1. The van der Waals surface area contributed by atoms with E-state index in [-0.39, 0.29) is 0 Å². The lowest BCUT2D eigenvalue weighted by molar-refractivity contribution is 0.0867. The largest absolute Gasteiger partial charge is 0.378 e. The molecule has 104 valence electrons. The Bertz CT molecular complexity index is 448. The predicted octanol–water partition coefficient (Wildman–Crippen LogP) is 3.21. The Hall–Kier alpha value is -0.570. The van der Waals surface area contributed by atoms with Gasteiger partial charge in [-0.05, 0) is 54.9 Å². The van der Waals surface area contributed by atoms with Crippen LogP contribution < -0.4 is 5.32 Å². The third-order valence-corrected chi connectivity index (χ3v) is 4.75. The summed E-state index contributed by atoms with van der Waals surface area (Å²) in [6.07, 6.45) is 5.05. The fourth-order valence-electron chi connectivity index (χ4n) is 3.43. The number of fused-ring (bicyclic) bond motifs is 1. The molecule has 2 nitrogen and oxygen atoms in total. The minimum Gasteiger partial charge on any atom is -0.378 e. The SMILES string of the molecule is CCC1OCCC1CNC1Cc2ccc(Cl)cc2C1. The molecule has 3 heteroatoms. The van der Waals surface area contributed by atoms with Crippen LogP contribution in [0.25, 0.3) is 0 Å². The summed E-state index contributed by atoms with van der Waals surface area (Å²) in [6, 6.07) is 6.87. The Kier molecular flexibility index (Phi) is 4.11. The normalized spacial score (nSPS) is 29.7. The van der Waals surface area contributed by atoms with Crippen LogP contribution in [-0.4, -0.2) is 25.3 Å². The highest BCUT2D eigenvalue weighted by molar-refractivity contribution is 6.30. The second-order valence-corrected chi connectivity index (χ2v) is 6.23. The van der Waals surface area contributed by atoms with E-state index < -0.39 is 0 Å². The van der Waals surface area contributed by atoms with Crippen molar-refractivity contribution in [2.45, 2.75) is 44.8 Å². The van der Waals surface area contributed by atoms with Gasteiger partial charge < -0.3 is 10.1 Å². The Morgan fingerprint density at radius 3 is 3.00 bits per heavy atom. The molecule has 1 heterocycles. The van der Waals surface area contributed by atoms with Crippen LogP contribution in [0.5, 0.6) is 0 Å². The Balaban J connectivity index is 1.53. The highest BCUT2D eigenvalue weighted by Crippen LogP contribution is 2.27. The number of halogens is 1. The first-order valence-corrected chi connectivity index (χ1v) is 7.76. The number of nitrogens with one attached hydrogen (secondary N) is 1. The van der Waals surface area contributed by atoms with Crippen LogP contribution in [0.4, 0.5) is 0 Å². The number of rotatable bonds is 4. The van der Waals surface area contributed by atoms with Gasteiger partial charge in [-0.15, -0.1) is 0 Å². The van der Waals surface area contributed by atoms with E-state index in [1.807, 2.05) is 6.07 Å². The minimum atomic E-state index is 0.464. The maximum atomic E-state index is 6.05. The van der Waals surface area contributed by atoms with E-state index in [9.17, 15) is 0 Å². The second kappa shape index (κ2) is 5.82. The summed E-state index contributed by atoms with van der Waals surface area (Å²) < 4.78 is 5.75. The van der Waals surface area contributed by atoms with Gasteiger partial charge in [0.05, 0.1) is 6.10 Å². The number of ether oxygens (including phenoxy) is 1. The first kappa shape index (κ1) is 13.4. The highest BCUT2D eigenvalue weighted by atomic mass is 35.5. The van der Waals surface area contributed by atoms with Gasteiger partial charge >= 0.3 is 0 Å². The van der Waals surface area contributed by atoms with Crippen LogP contribution in [-0.2, 0) is 17.6 Å². The molecule has 3 atom stereocenters. The molecule has 1 aromatic carbocycles. The molecule has 0 spiro atoms. The third kappa shape index (κ3) is 2.96. The quantitative estimate of drug-likeness (QED) is 0.914. The molecule has 3 unspecified atom stereocenters. The zero-order chi connectivity index (χ0) is 13.2. The fraction of sp³-hybridized carbons (Fsp3) is 0.625. The lowest BCUT2D eigenvalue weighted by Crippen LogP contribution is -2.36. The summed E-state index contributed by atoms with van der Waals surface area (Å²) in [5.41, 5.74) is 2.87. The summed E-state index contributed by atoms with van der Waals surface area (Å²) in [4.78, 5) is 0. The third-order valence-electron chi connectivity index (χ3n) is 4.52. The van der Waals surface area contributed by atoms with E-state index in [1.165, 1.54) is 17.5 Å². The van der Waals surface area contributed by atoms with Gasteiger partial charge in [-0.1, -0.05) is 24.6 Å². The summed E-state index contributed by atoms with van der Waals surface area (Å²) in [5, 5.41) is 4.59. The molecule has 19 heavy (non-hydrogen) atoms. The summed E-state index contributed by atoms with van der Waals surface area (Å²) in [6.45, 7) is 4.24. The van der Waals surface area contributed by atoms with Crippen LogP contribution >= 0.6 is 11.6 Å². The average Bonchev–Trinajstić information content (AvgIpc) is 3.01. The molecule has 1 aromatic rings. The molecule has 1 fully saturated rings. The molecule has 3 rings (SSSR count). The van der Waals surface area contributed by atoms with Gasteiger partial charge in [-0.3, -0.25) is 0 Å². The van der Waals surface area contributed by atoms with Gasteiger partial charge in [0, 0.05) is 24.2 Å². The molecule has 0 saturated carbocycles. The maximum Gasteiger partial charge on any atom is 0.0613 e. The molecule has 2 aliphatic rings. The molecule has 1 aliphatic heterocycles. The van der Waals surface area contributed by atoms with Crippen LogP contribution in [0, 0.1) is 5.92 Å². The van der Waals surface area contributed by atoms with E-state index in [0.717, 1.165) is 37.4 Å². The minimum absolute atomic E-state index is 0.464. The van der Waals surface area contributed by atoms with Gasteiger partial charge in [0.1, 0.15) is 0 Å². The predicted molar refractivity (Wildman–Crippen MR) is 78.8 cm³/mol. The highest BCUT2D eigenvalue weighted by Gasteiger charge is 2.28. The zero-order valence-corrected chi connectivity index (χ0v) is 12.2. The van der Waals surface area contributed by atoms with Crippen molar-refractivity contribution in [3.63, 3.8) is 0 Å². The number of benzene rings is 1. The Labute approximate surface area is 120 Å². The van der Waals surface area contributed by atoms with E-state index >= 15 is 0 Å². The number of hydrogen-bond acceptors (Lipinski definition) is 2. The van der Waals surface area contributed by atoms with Crippen molar-refractivity contribution in [2.75, 3.05) is 13.2 Å². The van der Waals surface area contributed by atoms with Crippen molar-refractivity contribution in [1.29, 1.82) is 0 Å². The van der Waals surface area contributed by atoms with E-state index in [4.69, 9.17) is 16.3 Å². The molecule has 1 aliphatic carbocycles. The molecular formula is C16H22ClNO. The van der Waals surface area contributed by atoms with Crippen molar-refractivity contribution >= 4 is 11.6 Å². The van der Waals surface area contributed by atoms with Crippen molar-refractivity contribution in [1.82, 2.24) is 5.32 Å². The summed E-state index contributed by atoms with van der Waals surface area (Å²) in [5.74, 6) is 0.692. The van der Waals surface area contributed by atoms with E-state index in [2.05, 4.69) is 24.4 Å². The molecule has 0 radical (unpaired) electrons. The van der Waals surface area contributed by atoms with Gasteiger partial charge in [-0.25, -0.2) is 0 Å². The monoisotopic (exact) mass is 279 g/mol. The first-order chi connectivity index (χ1) is 9.26. The molecule has 0 aromatic heterocycles. The Morgan fingerprint density at radius 2 is 2.16 bits per heavy atom. The second-order valence-electron chi connectivity index (χ2n) is 5.79. The van der Waals surface area contributed by atoms with E-state index in [0.29, 0.717) is 18.1 Å². The van der Waals surface area contributed by atoms with Gasteiger partial charge in [0.15, 0.2) is 0 Å². The van der Waals surface area contributed by atoms with Crippen LogP contribution in [0.3, 0.4) is 0 Å². The standard InChI is InChI=1S/C16H22ClNO/c1-2-16-12(5-6-19-16)10-18-15-8-11-3-4-14(17)7-13(11)9-15/h3-4,7,12,15-16,18H,2,5-6,8-10H2,1H3. The Morgan fingerprint density at radius 1 is 1.32 bits per heavy atom. The van der Waals surface area contributed by atoms with Crippen LogP contribution in [0.15, 0.2) is 18.2 Å². The molecule has 1 saturated heterocycles. The van der Waals surface area contributed by atoms with E-state index in [1.54, 1.807) is 0 Å². The summed E-state index contributed by atoms with van der Waals surface area (Å²) >= 11 is 6.05. The van der Waals surface area contributed by atoms with Crippen molar-refractivity contribution in [3.05, 3.63) is 34.3 Å². The maximum absolute atomic E-state index is 6.05. The molecule has 0 amide bonds. The van der Waals surface area contributed by atoms with Crippen molar-refractivity contribution in [2.24, 2.45) is 5.92 Å². The molecule has 0 bridgehead atoms. The van der Waals surface area contributed by atoms with Crippen molar-refractivity contribution in [3.8, 4) is 0 Å². The van der Waals surface area contributed by atoms with Crippen molar-refractivity contribution < 1.29 is 4.74 Å². The average molecular weight is 280 g/mol. The van der Waals surface area contributed by atoms with Crippen LogP contribution in [0.2, 0.25) is 5.02 Å². The van der Waals surface area contributed by atoms with Gasteiger partial charge in [0.25, 0.3) is 0 Å². The first-order valence-electron chi connectivity index (χ1n) is 7.38. The topological polar surface area (TPSA) is 21.3 Å². The lowest BCUT2D eigenvalue weighted by Gasteiger charge is -2.20. The lowest BCUT2D eigenvalue weighted by atomic mass is 9.99. The molecular weight excluding hydrogens is 258 g/mol. The summed E-state index contributed by atoms with van der Waals surface area (Å²) in [7, 11) is 0.